The van der Waals surface area contributed by atoms with Crippen LogP contribution in [0, 0.1) is 12.8 Å². The molecular formula is C29H55N3O. The monoisotopic (exact) mass is 461 g/mol. The molecule has 0 aromatic carbocycles. The van der Waals surface area contributed by atoms with Crippen LogP contribution in [-0.2, 0) is 6.54 Å². The number of aliphatic hydroxyl groups excluding tert-OH is 1. The van der Waals surface area contributed by atoms with Crippen LogP contribution < -0.4 is 0 Å². The Morgan fingerprint density at radius 1 is 0.848 bits per heavy atom. The number of hydrogen-bond donors (Lipinski definition) is 1. The second kappa shape index (κ2) is 18.5. The third kappa shape index (κ3) is 13.0. The number of aliphatic hydroxyl groups is 1. The van der Waals surface area contributed by atoms with E-state index in [0.29, 0.717) is 0 Å². The number of rotatable bonds is 20. The molecule has 0 amide bonds. The fraction of sp³-hybridized carbons (Fsp3) is 0.897. The van der Waals surface area contributed by atoms with Gasteiger partial charge in [0.1, 0.15) is 12.1 Å². The minimum Gasteiger partial charge on any atom is -0.378 e. The number of aromatic nitrogens is 2. The molecule has 1 aromatic heterocycles. The lowest BCUT2D eigenvalue weighted by molar-refractivity contribution is -0.0242. The first-order chi connectivity index (χ1) is 16.2. The van der Waals surface area contributed by atoms with E-state index in [9.17, 15) is 5.11 Å². The Hall–Kier alpha value is -0.870. The van der Waals surface area contributed by atoms with Crippen LogP contribution in [0.4, 0.5) is 0 Å². The van der Waals surface area contributed by atoms with Crippen LogP contribution in [-0.4, -0.2) is 38.9 Å². The highest BCUT2D eigenvalue weighted by Gasteiger charge is 2.23. The van der Waals surface area contributed by atoms with Crippen molar-refractivity contribution >= 4 is 0 Å². The van der Waals surface area contributed by atoms with E-state index >= 15 is 0 Å². The number of hydrogen-bond acceptors (Lipinski definition) is 3. The lowest BCUT2D eigenvalue weighted by Crippen LogP contribution is -2.41. The van der Waals surface area contributed by atoms with Gasteiger partial charge in [0, 0.05) is 32.0 Å². The molecule has 1 atom stereocenters. The third-order valence-electron chi connectivity index (χ3n) is 7.84. The molecule has 0 radical (unpaired) electrons. The fourth-order valence-corrected chi connectivity index (χ4v) is 5.38. The van der Waals surface area contributed by atoms with Crippen LogP contribution in [0.5, 0.6) is 0 Å². The van der Waals surface area contributed by atoms with Gasteiger partial charge in [-0.3, -0.25) is 4.90 Å². The Kier molecular flexibility index (Phi) is 15.9. The summed E-state index contributed by atoms with van der Waals surface area (Å²) in [6, 6.07) is 0. The first kappa shape index (κ1) is 28.4. The summed E-state index contributed by atoms with van der Waals surface area (Å²) in [6.45, 7) is 7.58. The van der Waals surface area contributed by atoms with Gasteiger partial charge in [0.15, 0.2) is 0 Å². The minimum absolute atomic E-state index is 0.219. The van der Waals surface area contributed by atoms with Gasteiger partial charge in [-0.1, -0.05) is 96.8 Å². The van der Waals surface area contributed by atoms with Crippen molar-refractivity contribution in [2.24, 2.45) is 5.92 Å². The molecule has 33 heavy (non-hydrogen) atoms. The number of aryl methyl sites for hydroxylation is 2. The SMILES string of the molecule is CCCCCCCCCCCCCCCCCC(O)N1CCC(CCn2ccnc2C)CC1. The molecule has 1 unspecified atom stereocenters. The average Bonchev–Trinajstić information content (AvgIpc) is 3.25. The lowest BCUT2D eigenvalue weighted by atomic mass is 9.93. The second-order valence-corrected chi connectivity index (χ2v) is 10.7. The highest BCUT2D eigenvalue weighted by molar-refractivity contribution is 4.88. The van der Waals surface area contributed by atoms with E-state index in [-0.39, 0.29) is 6.23 Å². The molecule has 4 nitrogen and oxygen atoms in total. The van der Waals surface area contributed by atoms with E-state index in [1.165, 1.54) is 116 Å². The van der Waals surface area contributed by atoms with Crippen LogP contribution in [0.2, 0.25) is 0 Å². The maximum absolute atomic E-state index is 10.6. The maximum atomic E-state index is 10.6. The third-order valence-corrected chi connectivity index (χ3v) is 7.84. The maximum Gasteiger partial charge on any atom is 0.107 e. The quantitative estimate of drug-likeness (QED) is 0.201. The number of imidazole rings is 1. The second-order valence-electron chi connectivity index (χ2n) is 10.7. The van der Waals surface area contributed by atoms with Gasteiger partial charge in [-0.25, -0.2) is 4.98 Å². The van der Waals surface area contributed by atoms with Crippen molar-refractivity contribution in [1.29, 1.82) is 0 Å². The highest BCUT2D eigenvalue weighted by atomic mass is 16.3. The molecule has 0 saturated carbocycles. The Balaban J connectivity index is 1.35. The molecular weight excluding hydrogens is 406 g/mol. The highest BCUT2D eigenvalue weighted by Crippen LogP contribution is 2.24. The van der Waals surface area contributed by atoms with Crippen molar-refractivity contribution in [3.63, 3.8) is 0 Å². The summed E-state index contributed by atoms with van der Waals surface area (Å²) in [7, 11) is 0. The van der Waals surface area contributed by atoms with Gasteiger partial charge in [0.05, 0.1) is 0 Å². The van der Waals surface area contributed by atoms with Gasteiger partial charge in [0.25, 0.3) is 0 Å². The van der Waals surface area contributed by atoms with Gasteiger partial charge < -0.3 is 9.67 Å². The van der Waals surface area contributed by atoms with Crippen molar-refractivity contribution in [3.8, 4) is 0 Å². The van der Waals surface area contributed by atoms with Crippen molar-refractivity contribution < 1.29 is 5.11 Å². The molecule has 1 fully saturated rings. The summed E-state index contributed by atoms with van der Waals surface area (Å²) in [5, 5.41) is 10.6. The fourth-order valence-electron chi connectivity index (χ4n) is 5.38. The van der Waals surface area contributed by atoms with Crippen LogP contribution in [0.3, 0.4) is 0 Å². The van der Waals surface area contributed by atoms with Gasteiger partial charge in [-0.15, -0.1) is 0 Å². The number of unbranched alkanes of at least 4 members (excludes halogenated alkanes) is 14. The molecule has 192 valence electrons. The molecule has 1 aliphatic rings. The molecule has 4 heteroatoms. The van der Waals surface area contributed by atoms with Gasteiger partial charge in [-0.2, -0.15) is 0 Å². The van der Waals surface area contributed by atoms with E-state index in [1.807, 2.05) is 6.20 Å². The summed E-state index contributed by atoms with van der Waals surface area (Å²) in [5.41, 5.74) is 0. The Bertz CT molecular complexity index is 565. The van der Waals surface area contributed by atoms with Crippen molar-refractivity contribution in [3.05, 3.63) is 18.2 Å². The zero-order valence-corrected chi connectivity index (χ0v) is 22.2. The minimum atomic E-state index is -0.219. The summed E-state index contributed by atoms with van der Waals surface area (Å²) < 4.78 is 2.26. The zero-order chi connectivity index (χ0) is 23.6. The van der Waals surface area contributed by atoms with Crippen LogP contribution in [0.15, 0.2) is 12.4 Å². The average molecular weight is 462 g/mol. The van der Waals surface area contributed by atoms with Gasteiger partial charge in [-0.05, 0) is 44.9 Å². The predicted molar refractivity (Wildman–Crippen MR) is 141 cm³/mol. The Morgan fingerprint density at radius 3 is 1.85 bits per heavy atom. The topological polar surface area (TPSA) is 41.3 Å². The predicted octanol–water partition coefficient (Wildman–Crippen LogP) is 7.87. The molecule has 0 spiro atoms. The van der Waals surface area contributed by atoms with Gasteiger partial charge in [0.2, 0.25) is 0 Å². The van der Waals surface area contributed by atoms with E-state index in [1.54, 1.807) is 0 Å². The van der Waals surface area contributed by atoms with E-state index < -0.39 is 0 Å². The smallest absolute Gasteiger partial charge is 0.107 e. The lowest BCUT2D eigenvalue weighted by Gasteiger charge is -2.35. The summed E-state index contributed by atoms with van der Waals surface area (Å²) in [5.74, 6) is 1.91. The first-order valence-corrected chi connectivity index (χ1v) is 14.6. The Morgan fingerprint density at radius 2 is 1.36 bits per heavy atom. The first-order valence-electron chi connectivity index (χ1n) is 14.6. The van der Waals surface area contributed by atoms with E-state index in [2.05, 4.69) is 34.5 Å². The standard InChI is InChI=1S/C29H55N3O/c1-3-4-5-6-7-8-9-10-11-12-13-14-15-16-17-18-29(33)32-24-20-28(21-25-32)19-23-31-26-22-30-27(31)2/h22,26,28-29,33H,3-21,23-25H2,1-2H3. The largest absolute Gasteiger partial charge is 0.378 e. The molecule has 0 aliphatic carbocycles. The van der Waals surface area contributed by atoms with Crippen LogP contribution >= 0.6 is 0 Å². The molecule has 2 heterocycles. The number of piperidine rings is 1. The van der Waals surface area contributed by atoms with Crippen LogP contribution in [0.1, 0.15) is 135 Å². The molecule has 1 N–H and O–H groups in total. The van der Waals surface area contributed by atoms with Gasteiger partial charge >= 0.3 is 0 Å². The molecule has 1 aromatic rings. The van der Waals surface area contributed by atoms with E-state index in [0.717, 1.165) is 37.8 Å². The molecule has 0 bridgehead atoms. The molecule has 1 saturated heterocycles. The van der Waals surface area contributed by atoms with Crippen molar-refractivity contribution in [2.45, 2.75) is 149 Å². The Labute approximate surface area is 205 Å². The normalized spacial score (nSPS) is 16.5. The number of likely N-dealkylation sites (tertiary alicyclic amines) is 1. The van der Waals surface area contributed by atoms with Crippen molar-refractivity contribution in [1.82, 2.24) is 14.5 Å². The van der Waals surface area contributed by atoms with Crippen LogP contribution in [0.25, 0.3) is 0 Å². The van der Waals surface area contributed by atoms with E-state index in [4.69, 9.17) is 0 Å². The number of nitrogens with zero attached hydrogens (tertiary/aromatic N) is 3. The molecule has 1 aliphatic heterocycles. The summed E-state index contributed by atoms with van der Waals surface area (Å²) >= 11 is 0. The zero-order valence-electron chi connectivity index (χ0n) is 22.2. The van der Waals surface area contributed by atoms with Crippen molar-refractivity contribution in [2.75, 3.05) is 13.1 Å². The summed E-state index contributed by atoms with van der Waals surface area (Å²) in [4.78, 5) is 6.64. The summed E-state index contributed by atoms with van der Waals surface area (Å²) in [6.07, 6.45) is 29.3. The molecule has 2 rings (SSSR count).